The van der Waals surface area contributed by atoms with Crippen molar-refractivity contribution in [1.29, 1.82) is 0 Å². The van der Waals surface area contributed by atoms with Crippen LogP contribution in [-0.4, -0.2) is 33.7 Å². The molecule has 0 radical (unpaired) electrons. The highest BCUT2D eigenvalue weighted by atomic mass is 16.5. The Morgan fingerprint density at radius 3 is 2.59 bits per heavy atom. The summed E-state index contributed by atoms with van der Waals surface area (Å²) in [4.78, 5) is 34.9. The molecule has 0 bridgehead atoms. The first-order valence-corrected chi connectivity index (χ1v) is 11.5. The number of nitrogens with one attached hydrogen (secondary N) is 1. The van der Waals surface area contributed by atoms with Crippen molar-refractivity contribution in [2.75, 3.05) is 12.4 Å². The second-order valence-corrected chi connectivity index (χ2v) is 8.32. The summed E-state index contributed by atoms with van der Waals surface area (Å²) in [6, 6.07) is 11.3. The van der Waals surface area contributed by atoms with E-state index in [2.05, 4.69) is 10.3 Å². The predicted octanol–water partition coefficient (Wildman–Crippen LogP) is 3.85. The molecule has 4 rings (SSSR count). The highest BCUT2D eigenvalue weighted by molar-refractivity contribution is 5.67. The Hall–Kier alpha value is -3.68. The van der Waals surface area contributed by atoms with Crippen molar-refractivity contribution in [2.45, 2.75) is 59.2 Å². The van der Waals surface area contributed by atoms with E-state index in [9.17, 15) is 9.59 Å². The van der Waals surface area contributed by atoms with Crippen LogP contribution in [0.4, 0.5) is 5.69 Å². The molecule has 34 heavy (non-hydrogen) atoms. The number of esters is 1. The number of fused-ring (bicyclic) bond motifs is 1. The number of hydrogen-bond donors (Lipinski definition) is 1. The summed E-state index contributed by atoms with van der Waals surface area (Å²) in [6.07, 6.45) is 0.755. The zero-order chi connectivity index (χ0) is 24.4. The number of methoxy groups -OCH3 is 1. The number of benzene rings is 1. The number of carbonyl (C=O) groups is 1. The number of nitrogens with zero attached hydrogens (tertiary/aromatic N) is 3. The molecule has 8 heteroatoms. The van der Waals surface area contributed by atoms with Crippen LogP contribution < -0.4 is 15.6 Å². The van der Waals surface area contributed by atoms with Gasteiger partial charge in [-0.15, -0.1) is 0 Å². The van der Waals surface area contributed by atoms with Crippen LogP contribution in [0.1, 0.15) is 49.3 Å². The van der Waals surface area contributed by atoms with Gasteiger partial charge in [0.2, 0.25) is 5.88 Å². The minimum absolute atomic E-state index is 0.162. The molecule has 0 fully saturated rings. The van der Waals surface area contributed by atoms with Crippen LogP contribution in [0, 0.1) is 6.92 Å². The second-order valence-electron chi connectivity index (χ2n) is 8.32. The fraction of sp³-hybridized carbons (Fsp3) is 0.385. The van der Waals surface area contributed by atoms with Crippen molar-refractivity contribution in [2.24, 2.45) is 0 Å². The summed E-state index contributed by atoms with van der Waals surface area (Å²) in [5.41, 5.74) is 4.57. The maximum Gasteiger partial charge on any atom is 0.302 e. The first-order valence-electron chi connectivity index (χ1n) is 11.5. The van der Waals surface area contributed by atoms with E-state index in [0.717, 1.165) is 22.4 Å². The Morgan fingerprint density at radius 2 is 1.94 bits per heavy atom. The quantitative estimate of drug-likeness (QED) is 0.533. The summed E-state index contributed by atoms with van der Waals surface area (Å²) in [7, 11) is 1.57. The normalized spacial score (nSPS) is 16.7. The number of rotatable bonds is 7. The molecule has 0 saturated carbocycles. The van der Waals surface area contributed by atoms with Crippen LogP contribution in [0.5, 0.6) is 5.88 Å². The lowest BCUT2D eigenvalue weighted by molar-refractivity contribution is -0.146. The van der Waals surface area contributed by atoms with Gasteiger partial charge in [-0.25, -0.2) is 9.97 Å². The summed E-state index contributed by atoms with van der Waals surface area (Å²) < 4.78 is 12.5. The topological polar surface area (TPSA) is 95.3 Å². The number of aryl methyl sites for hydroxylation is 2. The second kappa shape index (κ2) is 9.67. The lowest BCUT2D eigenvalue weighted by Gasteiger charge is -2.24. The molecule has 0 aliphatic heterocycles. The van der Waals surface area contributed by atoms with Crippen molar-refractivity contribution in [1.82, 2.24) is 14.5 Å². The number of pyridine rings is 1. The van der Waals surface area contributed by atoms with Crippen LogP contribution in [-0.2, 0) is 28.9 Å². The van der Waals surface area contributed by atoms with Crippen molar-refractivity contribution in [3.05, 3.63) is 69.3 Å². The Kier molecular flexibility index (Phi) is 6.68. The zero-order valence-corrected chi connectivity index (χ0v) is 20.2. The molecule has 8 nitrogen and oxygen atoms in total. The summed E-state index contributed by atoms with van der Waals surface area (Å²) in [6.45, 7) is 7.61. The molecular formula is C26H30N4O4. The fourth-order valence-electron chi connectivity index (χ4n) is 4.59. The van der Waals surface area contributed by atoms with Crippen LogP contribution >= 0.6 is 0 Å². The summed E-state index contributed by atoms with van der Waals surface area (Å²) >= 11 is 0. The highest BCUT2D eigenvalue weighted by Gasteiger charge is 2.36. The third kappa shape index (κ3) is 4.27. The van der Waals surface area contributed by atoms with E-state index in [-0.39, 0.29) is 17.6 Å². The first-order chi connectivity index (χ1) is 16.4. The lowest BCUT2D eigenvalue weighted by atomic mass is 10.1. The van der Waals surface area contributed by atoms with Gasteiger partial charge in [0.25, 0.3) is 5.56 Å². The van der Waals surface area contributed by atoms with E-state index in [1.807, 2.05) is 51.1 Å². The third-order valence-electron chi connectivity index (χ3n) is 6.21. The van der Waals surface area contributed by atoms with Gasteiger partial charge in [0, 0.05) is 31.5 Å². The van der Waals surface area contributed by atoms with Crippen molar-refractivity contribution in [3.8, 4) is 17.3 Å². The lowest BCUT2D eigenvalue weighted by Crippen LogP contribution is -2.33. The SMILES string of the molecule is CCc1nc(-c2ccc(OC)nc2C)n(CC)c(=O)c1NC1c2ccccc2C[C@@H]1OC(C)=O. The van der Waals surface area contributed by atoms with Gasteiger partial charge >= 0.3 is 5.97 Å². The molecule has 1 aliphatic carbocycles. The Morgan fingerprint density at radius 1 is 1.18 bits per heavy atom. The molecule has 3 aromatic rings. The van der Waals surface area contributed by atoms with Crippen LogP contribution in [0.15, 0.2) is 41.2 Å². The van der Waals surface area contributed by atoms with E-state index in [0.29, 0.717) is 42.5 Å². The largest absolute Gasteiger partial charge is 0.481 e. The molecule has 178 valence electrons. The summed E-state index contributed by atoms with van der Waals surface area (Å²) in [5, 5.41) is 3.42. The third-order valence-corrected chi connectivity index (χ3v) is 6.21. The Labute approximate surface area is 199 Å². The number of hydrogen-bond acceptors (Lipinski definition) is 7. The van der Waals surface area contributed by atoms with Crippen LogP contribution in [0.25, 0.3) is 11.4 Å². The van der Waals surface area contributed by atoms with Gasteiger partial charge in [0.05, 0.1) is 24.5 Å². The smallest absolute Gasteiger partial charge is 0.302 e. The van der Waals surface area contributed by atoms with E-state index in [1.165, 1.54) is 6.92 Å². The molecular weight excluding hydrogens is 432 g/mol. The maximum absolute atomic E-state index is 13.7. The molecule has 2 atom stereocenters. The first kappa shape index (κ1) is 23.5. The molecule has 1 unspecified atom stereocenters. The minimum Gasteiger partial charge on any atom is -0.481 e. The maximum atomic E-state index is 13.7. The van der Waals surface area contributed by atoms with Gasteiger partial charge in [-0.05, 0) is 37.5 Å². The number of aromatic nitrogens is 3. The minimum atomic E-state index is -0.401. The fourth-order valence-corrected chi connectivity index (χ4v) is 4.59. The van der Waals surface area contributed by atoms with E-state index < -0.39 is 6.10 Å². The molecule has 1 N–H and O–H groups in total. The summed E-state index contributed by atoms with van der Waals surface area (Å²) in [5.74, 6) is 0.741. The predicted molar refractivity (Wildman–Crippen MR) is 130 cm³/mol. The average Bonchev–Trinajstić information content (AvgIpc) is 3.16. The van der Waals surface area contributed by atoms with Crippen molar-refractivity contribution < 1.29 is 14.3 Å². The van der Waals surface area contributed by atoms with Crippen LogP contribution in [0.2, 0.25) is 0 Å². The molecule has 2 aromatic heterocycles. The molecule has 0 amide bonds. The standard InChI is InChI=1S/C26H30N4O4/c1-6-20-24(29-23-19-11-9-8-10-17(19)14-21(23)34-16(4)31)26(32)30(7-2)25(28-20)18-12-13-22(33-5)27-15(18)3/h8-13,21,23,29H,6-7,14H2,1-5H3/t21-,23?/m0/s1. The van der Waals surface area contributed by atoms with Gasteiger partial charge in [0.15, 0.2) is 0 Å². The number of ether oxygens (including phenoxy) is 2. The van der Waals surface area contributed by atoms with Crippen molar-refractivity contribution in [3.63, 3.8) is 0 Å². The molecule has 2 heterocycles. The van der Waals surface area contributed by atoms with E-state index in [4.69, 9.17) is 14.5 Å². The number of anilines is 1. The molecule has 0 spiro atoms. The van der Waals surface area contributed by atoms with E-state index in [1.54, 1.807) is 17.7 Å². The Balaban J connectivity index is 1.81. The number of carbonyl (C=O) groups excluding carboxylic acids is 1. The molecule has 0 saturated heterocycles. The van der Waals surface area contributed by atoms with Gasteiger partial charge in [-0.3, -0.25) is 14.2 Å². The highest BCUT2D eigenvalue weighted by Crippen LogP contribution is 2.36. The van der Waals surface area contributed by atoms with Crippen LogP contribution in [0.3, 0.4) is 0 Å². The molecule has 1 aliphatic rings. The monoisotopic (exact) mass is 462 g/mol. The van der Waals surface area contributed by atoms with Gasteiger partial charge in [-0.2, -0.15) is 0 Å². The molecule has 1 aromatic carbocycles. The Bertz CT molecular complexity index is 1280. The van der Waals surface area contributed by atoms with E-state index >= 15 is 0 Å². The van der Waals surface area contributed by atoms with Crippen molar-refractivity contribution >= 4 is 11.7 Å². The van der Waals surface area contributed by atoms with Gasteiger partial charge < -0.3 is 14.8 Å². The zero-order valence-electron chi connectivity index (χ0n) is 20.2. The average molecular weight is 463 g/mol. The van der Waals surface area contributed by atoms with Gasteiger partial charge in [0.1, 0.15) is 17.6 Å². The van der Waals surface area contributed by atoms with Gasteiger partial charge in [-0.1, -0.05) is 31.2 Å².